The maximum atomic E-state index is 12.1. The van der Waals surface area contributed by atoms with Crippen LogP contribution in [0.5, 0.6) is 11.5 Å². The molecule has 156 valence electrons. The van der Waals surface area contributed by atoms with Crippen molar-refractivity contribution < 1.29 is 14.3 Å². The van der Waals surface area contributed by atoms with Gasteiger partial charge in [-0.15, -0.1) is 0 Å². The molecule has 0 aliphatic heterocycles. The summed E-state index contributed by atoms with van der Waals surface area (Å²) in [5.41, 5.74) is 2.39. The van der Waals surface area contributed by atoms with E-state index >= 15 is 0 Å². The number of carbonyl (C=O) groups is 1. The minimum atomic E-state index is -0.242. The SMILES string of the molecule is CCNc1nc(C)cc(Nc2ccc(NC(=O)COc3ccc(OC)cc3)cc2)n1. The molecule has 0 aliphatic rings. The van der Waals surface area contributed by atoms with Crippen LogP contribution in [-0.4, -0.2) is 36.1 Å². The van der Waals surface area contributed by atoms with Gasteiger partial charge in [-0.05, 0) is 62.4 Å². The highest BCUT2D eigenvalue weighted by molar-refractivity contribution is 5.92. The number of carbonyl (C=O) groups excluding carboxylic acids is 1. The third kappa shape index (κ3) is 6.10. The Morgan fingerprint density at radius 2 is 1.63 bits per heavy atom. The predicted octanol–water partition coefficient (Wildman–Crippen LogP) is 3.99. The Balaban J connectivity index is 1.53. The first kappa shape index (κ1) is 20.9. The topological polar surface area (TPSA) is 97.4 Å². The van der Waals surface area contributed by atoms with Crippen molar-refractivity contribution in [2.45, 2.75) is 13.8 Å². The Morgan fingerprint density at radius 1 is 0.967 bits per heavy atom. The zero-order valence-electron chi connectivity index (χ0n) is 17.2. The van der Waals surface area contributed by atoms with Crippen LogP contribution in [0.4, 0.5) is 23.1 Å². The Bertz CT molecular complexity index is 975. The average Bonchev–Trinajstić information content (AvgIpc) is 2.74. The molecule has 0 bridgehead atoms. The van der Waals surface area contributed by atoms with Gasteiger partial charge >= 0.3 is 0 Å². The third-order valence-electron chi connectivity index (χ3n) is 4.06. The van der Waals surface area contributed by atoms with Gasteiger partial charge in [0, 0.05) is 29.7 Å². The number of nitrogens with zero attached hydrogens (tertiary/aromatic N) is 2. The number of anilines is 4. The van der Waals surface area contributed by atoms with E-state index in [9.17, 15) is 4.79 Å². The molecule has 0 spiro atoms. The predicted molar refractivity (Wildman–Crippen MR) is 118 cm³/mol. The molecule has 1 aromatic heterocycles. The molecule has 0 radical (unpaired) electrons. The maximum Gasteiger partial charge on any atom is 0.262 e. The lowest BCUT2D eigenvalue weighted by atomic mass is 10.2. The molecule has 1 heterocycles. The van der Waals surface area contributed by atoms with Crippen molar-refractivity contribution in [3.8, 4) is 11.5 Å². The van der Waals surface area contributed by atoms with Crippen molar-refractivity contribution in [3.63, 3.8) is 0 Å². The minimum Gasteiger partial charge on any atom is -0.497 e. The first-order valence-corrected chi connectivity index (χ1v) is 9.59. The zero-order chi connectivity index (χ0) is 21.3. The second kappa shape index (κ2) is 10.1. The second-order valence-corrected chi connectivity index (χ2v) is 6.46. The van der Waals surface area contributed by atoms with E-state index in [1.807, 2.05) is 44.2 Å². The van der Waals surface area contributed by atoms with Crippen LogP contribution in [0.15, 0.2) is 54.6 Å². The van der Waals surface area contributed by atoms with Gasteiger partial charge < -0.3 is 25.4 Å². The van der Waals surface area contributed by atoms with Crippen molar-refractivity contribution in [1.82, 2.24) is 9.97 Å². The van der Waals surface area contributed by atoms with E-state index in [4.69, 9.17) is 9.47 Å². The lowest BCUT2D eigenvalue weighted by Gasteiger charge is -2.11. The molecule has 8 nitrogen and oxygen atoms in total. The van der Waals surface area contributed by atoms with Gasteiger partial charge in [-0.3, -0.25) is 4.79 Å². The third-order valence-corrected chi connectivity index (χ3v) is 4.06. The van der Waals surface area contributed by atoms with Gasteiger partial charge in [0.15, 0.2) is 6.61 Å². The second-order valence-electron chi connectivity index (χ2n) is 6.46. The molecule has 3 rings (SSSR count). The molecule has 0 aliphatic carbocycles. The fraction of sp³-hybridized carbons (Fsp3) is 0.227. The van der Waals surface area contributed by atoms with Crippen LogP contribution in [-0.2, 0) is 4.79 Å². The van der Waals surface area contributed by atoms with Crippen LogP contribution in [0.3, 0.4) is 0 Å². The summed E-state index contributed by atoms with van der Waals surface area (Å²) < 4.78 is 10.6. The van der Waals surface area contributed by atoms with Crippen molar-refractivity contribution in [2.75, 3.05) is 36.2 Å². The number of benzene rings is 2. The first-order valence-electron chi connectivity index (χ1n) is 9.59. The number of amides is 1. The number of methoxy groups -OCH3 is 1. The van der Waals surface area contributed by atoms with Gasteiger partial charge in [-0.2, -0.15) is 4.98 Å². The Hall–Kier alpha value is -3.81. The lowest BCUT2D eigenvalue weighted by Crippen LogP contribution is -2.20. The van der Waals surface area contributed by atoms with E-state index in [1.165, 1.54) is 0 Å². The maximum absolute atomic E-state index is 12.1. The molecule has 3 N–H and O–H groups in total. The molecule has 30 heavy (non-hydrogen) atoms. The van der Waals surface area contributed by atoms with Crippen LogP contribution >= 0.6 is 0 Å². The number of ether oxygens (including phenoxy) is 2. The fourth-order valence-electron chi connectivity index (χ4n) is 2.67. The van der Waals surface area contributed by atoms with Gasteiger partial charge in [0.1, 0.15) is 17.3 Å². The number of hydrogen-bond donors (Lipinski definition) is 3. The first-order chi connectivity index (χ1) is 14.6. The molecular formula is C22H25N5O3. The Kier molecular flexibility index (Phi) is 7.05. The van der Waals surface area contributed by atoms with E-state index in [1.54, 1.807) is 31.4 Å². The molecule has 0 unspecified atom stereocenters. The largest absolute Gasteiger partial charge is 0.497 e. The van der Waals surface area contributed by atoms with Gasteiger partial charge in [0.25, 0.3) is 5.91 Å². The van der Waals surface area contributed by atoms with E-state index in [0.717, 1.165) is 23.7 Å². The van der Waals surface area contributed by atoms with Crippen molar-refractivity contribution in [3.05, 3.63) is 60.3 Å². The van der Waals surface area contributed by atoms with E-state index in [2.05, 4.69) is 25.9 Å². The summed E-state index contributed by atoms with van der Waals surface area (Å²) in [6, 6.07) is 16.3. The van der Waals surface area contributed by atoms with Crippen LogP contribution in [0.25, 0.3) is 0 Å². The van der Waals surface area contributed by atoms with Crippen LogP contribution in [0, 0.1) is 6.92 Å². The average molecular weight is 407 g/mol. The molecule has 0 saturated heterocycles. The molecule has 0 saturated carbocycles. The summed E-state index contributed by atoms with van der Waals surface area (Å²) in [5, 5.41) is 9.16. The van der Waals surface area contributed by atoms with E-state index in [0.29, 0.717) is 23.2 Å². The highest BCUT2D eigenvalue weighted by Gasteiger charge is 2.06. The fourth-order valence-corrected chi connectivity index (χ4v) is 2.67. The summed E-state index contributed by atoms with van der Waals surface area (Å²) in [5.74, 6) is 2.37. The number of nitrogens with one attached hydrogen (secondary N) is 3. The molecule has 8 heteroatoms. The Morgan fingerprint density at radius 3 is 2.30 bits per heavy atom. The zero-order valence-corrected chi connectivity index (χ0v) is 17.2. The number of aromatic nitrogens is 2. The van der Waals surface area contributed by atoms with Gasteiger partial charge in [-0.25, -0.2) is 4.98 Å². The number of hydrogen-bond acceptors (Lipinski definition) is 7. The molecular weight excluding hydrogens is 382 g/mol. The van der Waals surface area contributed by atoms with Gasteiger partial charge in [-0.1, -0.05) is 0 Å². The summed E-state index contributed by atoms with van der Waals surface area (Å²) in [7, 11) is 1.60. The standard InChI is InChI=1S/C22H25N5O3/c1-4-23-22-24-15(2)13-20(27-22)25-16-5-7-17(8-6-16)26-21(28)14-30-19-11-9-18(29-3)10-12-19/h5-13H,4,14H2,1-3H3,(H,26,28)(H2,23,24,25,27). The monoisotopic (exact) mass is 407 g/mol. The molecule has 0 fully saturated rings. The quantitative estimate of drug-likeness (QED) is 0.493. The van der Waals surface area contributed by atoms with Crippen molar-refractivity contribution in [1.29, 1.82) is 0 Å². The highest BCUT2D eigenvalue weighted by atomic mass is 16.5. The summed E-state index contributed by atoms with van der Waals surface area (Å²) in [4.78, 5) is 20.9. The lowest BCUT2D eigenvalue weighted by molar-refractivity contribution is -0.118. The van der Waals surface area contributed by atoms with E-state index < -0.39 is 0 Å². The van der Waals surface area contributed by atoms with Crippen LogP contribution < -0.4 is 25.4 Å². The van der Waals surface area contributed by atoms with Gasteiger partial charge in [0.05, 0.1) is 7.11 Å². The molecule has 3 aromatic rings. The van der Waals surface area contributed by atoms with Crippen molar-refractivity contribution >= 4 is 29.0 Å². The molecule has 1 amide bonds. The summed E-state index contributed by atoms with van der Waals surface area (Å²) in [6.07, 6.45) is 0. The molecule has 0 atom stereocenters. The number of rotatable bonds is 9. The van der Waals surface area contributed by atoms with E-state index in [-0.39, 0.29) is 12.5 Å². The van der Waals surface area contributed by atoms with Crippen LogP contribution in [0.2, 0.25) is 0 Å². The normalized spacial score (nSPS) is 10.2. The summed E-state index contributed by atoms with van der Waals surface area (Å²) >= 11 is 0. The minimum absolute atomic E-state index is 0.0836. The van der Waals surface area contributed by atoms with Crippen LogP contribution in [0.1, 0.15) is 12.6 Å². The van der Waals surface area contributed by atoms with Gasteiger partial charge in [0.2, 0.25) is 5.95 Å². The smallest absolute Gasteiger partial charge is 0.262 e. The Labute approximate surface area is 175 Å². The summed E-state index contributed by atoms with van der Waals surface area (Å²) in [6.45, 7) is 4.58. The van der Waals surface area contributed by atoms with Crippen molar-refractivity contribution in [2.24, 2.45) is 0 Å². The highest BCUT2D eigenvalue weighted by Crippen LogP contribution is 2.20. The molecule has 2 aromatic carbocycles. The number of aryl methyl sites for hydroxylation is 1.